The van der Waals surface area contributed by atoms with Crippen molar-refractivity contribution < 1.29 is 14.3 Å². The normalized spacial score (nSPS) is 16.0. The molecule has 2 N–H and O–H groups in total. The molecule has 2 amide bonds. The van der Waals surface area contributed by atoms with Gasteiger partial charge < -0.3 is 15.0 Å². The zero-order valence-corrected chi connectivity index (χ0v) is 17.4. The minimum atomic E-state index is -0.287. The van der Waals surface area contributed by atoms with Gasteiger partial charge in [-0.25, -0.2) is 0 Å². The highest BCUT2D eigenvalue weighted by Crippen LogP contribution is 2.26. The van der Waals surface area contributed by atoms with E-state index >= 15 is 0 Å². The van der Waals surface area contributed by atoms with E-state index in [2.05, 4.69) is 20.5 Å². The van der Waals surface area contributed by atoms with Crippen LogP contribution in [-0.4, -0.2) is 51.6 Å². The lowest BCUT2D eigenvalue weighted by molar-refractivity contribution is -0.121. The average Bonchev–Trinajstić information content (AvgIpc) is 3.31. The lowest BCUT2D eigenvalue weighted by atomic mass is 9.96. The number of carbonyl (C=O) groups is 2. The second-order valence-electron chi connectivity index (χ2n) is 7.39. The van der Waals surface area contributed by atoms with Gasteiger partial charge in [0.05, 0.1) is 23.9 Å². The van der Waals surface area contributed by atoms with Crippen molar-refractivity contribution in [3.63, 3.8) is 0 Å². The number of amides is 2. The fourth-order valence-corrected chi connectivity index (χ4v) is 3.71. The molecule has 1 atom stereocenters. The van der Waals surface area contributed by atoms with E-state index in [4.69, 9.17) is 4.74 Å². The summed E-state index contributed by atoms with van der Waals surface area (Å²) in [5.74, 6) is 0.0810. The van der Waals surface area contributed by atoms with Crippen LogP contribution in [0, 0.1) is 5.92 Å². The third-order valence-electron chi connectivity index (χ3n) is 5.26. The summed E-state index contributed by atoms with van der Waals surface area (Å²) in [6.45, 7) is 3.39. The fourth-order valence-electron chi connectivity index (χ4n) is 3.71. The van der Waals surface area contributed by atoms with Gasteiger partial charge in [-0.15, -0.1) is 0 Å². The minimum absolute atomic E-state index is 0.108. The van der Waals surface area contributed by atoms with Crippen molar-refractivity contribution in [2.24, 2.45) is 5.92 Å². The van der Waals surface area contributed by atoms with Gasteiger partial charge in [0.25, 0.3) is 5.91 Å². The first-order valence-corrected chi connectivity index (χ1v) is 10.4. The third kappa shape index (κ3) is 4.74. The number of H-pyrrole nitrogens is 1. The highest BCUT2D eigenvalue weighted by Gasteiger charge is 2.30. The number of aromatic amines is 1. The topological polar surface area (TPSA) is 100 Å². The van der Waals surface area contributed by atoms with Gasteiger partial charge in [0, 0.05) is 19.3 Å². The Hall–Kier alpha value is -3.68. The Bertz CT molecular complexity index is 1050. The molecule has 160 valence electrons. The van der Waals surface area contributed by atoms with Gasteiger partial charge in [-0.3, -0.25) is 19.7 Å². The Morgan fingerprint density at radius 2 is 2.03 bits per heavy atom. The van der Waals surface area contributed by atoms with E-state index in [9.17, 15) is 9.59 Å². The van der Waals surface area contributed by atoms with E-state index in [1.807, 2.05) is 49.4 Å². The first-order chi connectivity index (χ1) is 15.2. The summed E-state index contributed by atoms with van der Waals surface area (Å²) in [6.07, 6.45) is 3.18. The number of hydrogen-bond acceptors (Lipinski definition) is 5. The molecule has 4 rings (SSSR count). The number of carbonyl (C=O) groups excluding carboxylic acids is 2. The summed E-state index contributed by atoms with van der Waals surface area (Å²) in [6, 6.07) is 14.6. The Morgan fingerprint density at radius 1 is 1.19 bits per heavy atom. The predicted molar refractivity (Wildman–Crippen MR) is 117 cm³/mol. The molecule has 1 aromatic carbocycles. The maximum atomic E-state index is 13.0. The van der Waals surface area contributed by atoms with Crippen LogP contribution in [-0.2, 0) is 4.79 Å². The molecule has 1 saturated heterocycles. The molecule has 8 heteroatoms. The van der Waals surface area contributed by atoms with E-state index < -0.39 is 0 Å². The van der Waals surface area contributed by atoms with Gasteiger partial charge in [0.1, 0.15) is 17.1 Å². The summed E-state index contributed by atoms with van der Waals surface area (Å²) < 4.78 is 5.59. The fraction of sp³-hybridized carbons (Fsp3) is 0.304. The molecule has 3 heterocycles. The molecule has 0 spiro atoms. The molecule has 1 fully saturated rings. The number of likely N-dealkylation sites (tertiary alicyclic amines) is 1. The molecule has 8 nitrogen and oxygen atoms in total. The van der Waals surface area contributed by atoms with E-state index in [1.54, 1.807) is 17.2 Å². The number of hydrogen-bond donors (Lipinski definition) is 2. The first-order valence-electron chi connectivity index (χ1n) is 10.4. The number of nitrogens with one attached hydrogen (secondary N) is 2. The number of aromatic nitrogens is 3. The van der Waals surface area contributed by atoms with Gasteiger partial charge in [0.15, 0.2) is 0 Å². The van der Waals surface area contributed by atoms with Crippen LogP contribution in [0.3, 0.4) is 0 Å². The largest absolute Gasteiger partial charge is 0.492 e. The maximum absolute atomic E-state index is 13.0. The van der Waals surface area contributed by atoms with Crippen LogP contribution in [0.4, 0.5) is 5.69 Å². The number of benzene rings is 1. The van der Waals surface area contributed by atoms with Crippen LogP contribution in [0.15, 0.2) is 54.7 Å². The molecule has 1 aliphatic heterocycles. The van der Waals surface area contributed by atoms with Gasteiger partial charge >= 0.3 is 0 Å². The van der Waals surface area contributed by atoms with Gasteiger partial charge in [-0.2, -0.15) is 5.10 Å². The number of piperidine rings is 1. The Morgan fingerprint density at radius 3 is 2.84 bits per heavy atom. The molecular formula is C23H25N5O3. The van der Waals surface area contributed by atoms with Crippen molar-refractivity contribution >= 4 is 17.5 Å². The SMILES string of the molecule is CCOc1ccccc1NC(=O)[C@H]1CCCN(C(=O)c2cc(-c3ccccn3)n[nH]2)C1. The smallest absolute Gasteiger partial charge is 0.271 e. The number of pyridine rings is 1. The molecule has 0 aliphatic carbocycles. The van der Waals surface area contributed by atoms with Crippen molar-refractivity contribution in [2.75, 3.05) is 25.0 Å². The highest BCUT2D eigenvalue weighted by atomic mass is 16.5. The van der Waals surface area contributed by atoms with Gasteiger partial charge in [-0.1, -0.05) is 18.2 Å². The highest BCUT2D eigenvalue weighted by molar-refractivity contribution is 5.96. The summed E-state index contributed by atoms with van der Waals surface area (Å²) in [4.78, 5) is 31.8. The van der Waals surface area contributed by atoms with Gasteiger partial charge in [0.2, 0.25) is 5.91 Å². The molecule has 1 aliphatic rings. The first kappa shape index (κ1) is 20.6. The molecular weight excluding hydrogens is 394 g/mol. The number of ether oxygens (including phenoxy) is 1. The van der Waals surface area contributed by atoms with E-state index in [1.165, 1.54) is 0 Å². The molecule has 0 saturated carbocycles. The third-order valence-corrected chi connectivity index (χ3v) is 5.26. The van der Waals surface area contributed by atoms with E-state index in [-0.39, 0.29) is 17.7 Å². The van der Waals surface area contributed by atoms with Crippen LogP contribution in [0.5, 0.6) is 5.75 Å². The lowest BCUT2D eigenvalue weighted by Crippen LogP contribution is -2.43. The second-order valence-corrected chi connectivity index (χ2v) is 7.39. The number of rotatable bonds is 6. The van der Waals surface area contributed by atoms with Crippen molar-refractivity contribution in [3.8, 4) is 17.1 Å². The lowest BCUT2D eigenvalue weighted by Gasteiger charge is -2.31. The predicted octanol–water partition coefficient (Wildman–Crippen LogP) is 3.36. The summed E-state index contributed by atoms with van der Waals surface area (Å²) in [7, 11) is 0. The van der Waals surface area contributed by atoms with Crippen LogP contribution < -0.4 is 10.1 Å². The van der Waals surface area contributed by atoms with Crippen LogP contribution in [0.25, 0.3) is 11.4 Å². The Labute approximate surface area is 180 Å². The van der Waals surface area contributed by atoms with E-state index in [0.29, 0.717) is 48.2 Å². The Balaban J connectivity index is 1.42. The number of nitrogens with zero attached hydrogens (tertiary/aromatic N) is 3. The minimum Gasteiger partial charge on any atom is -0.492 e. The van der Waals surface area contributed by atoms with Crippen molar-refractivity contribution in [1.82, 2.24) is 20.1 Å². The summed E-state index contributed by atoms with van der Waals surface area (Å²) >= 11 is 0. The average molecular weight is 419 g/mol. The zero-order chi connectivity index (χ0) is 21.6. The molecule has 2 aromatic heterocycles. The molecule has 0 bridgehead atoms. The van der Waals surface area contributed by atoms with Crippen LogP contribution in [0.1, 0.15) is 30.3 Å². The van der Waals surface area contributed by atoms with Crippen LogP contribution in [0.2, 0.25) is 0 Å². The Kier molecular flexibility index (Phi) is 6.26. The van der Waals surface area contributed by atoms with Gasteiger partial charge in [-0.05, 0) is 50.1 Å². The van der Waals surface area contributed by atoms with E-state index in [0.717, 1.165) is 12.8 Å². The molecule has 31 heavy (non-hydrogen) atoms. The molecule has 0 unspecified atom stereocenters. The van der Waals surface area contributed by atoms with Crippen molar-refractivity contribution in [2.45, 2.75) is 19.8 Å². The molecule has 3 aromatic rings. The van der Waals surface area contributed by atoms with Crippen LogP contribution >= 0.6 is 0 Å². The number of para-hydroxylation sites is 2. The quantitative estimate of drug-likeness (QED) is 0.638. The second kappa shape index (κ2) is 9.42. The monoisotopic (exact) mass is 419 g/mol. The molecule has 0 radical (unpaired) electrons. The van der Waals surface area contributed by atoms with Crippen molar-refractivity contribution in [1.29, 1.82) is 0 Å². The summed E-state index contributed by atoms with van der Waals surface area (Å²) in [5.41, 5.74) is 2.35. The summed E-state index contributed by atoms with van der Waals surface area (Å²) in [5, 5.41) is 9.98. The van der Waals surface area contributed by atoms with Crippen molar-refractivity contribution in [3.05, 3.63) is 60.4 Å². The maximum Gasteiger partial charge on any atom is 0.271 e. The standard InChI is InChI=1S/C23H25N5O3/c1-2-31-21-11-4-3-10-18(21)25-22(29)16-8-7-13-28(15-16)23(30)20-14-19(26-27-20)17-9-5-6-12-24-17/h3-6,9-12,14,16H,2,7-8,13,15H2,1H3,(H,25,29)(H,26,27)/t16-/m0/s1. The zero-order valence-electron chi connectivity index (χ0n) is 17.4. The number of anilines is 1.